The molecule has 0 atom stereocenters. The minimum absolute atomic E-state index is 0.0565. The third-order valence-corrected chi connectivity index (χ3v) is 5.16. The molecule has 0 radical (unpaired) electrons. The zero-order chi connectivity index (χ0) is 17.8. The van der Waals surface area contributed by atoms with E-state index in [1.807, 2.05) is 13.8 Å². The number of rotatable bonds is 4. The molecule has 1 aliphatic heterocycles. The number of aromatic nitrogens is 2. The van der Waals surface area contributed by atoms with E-state index in [1.54, 1.807) is 4.90 Å². The molecule has 1 saturated heterocycles. The van der Waals surface area contributed by atoms with Crippen LogP contribution < -0.4 is 5.32 Å². The molecule has 2 amide bonds. The minimum atomic E-state index is -0.368. The van der Waals surface area contributed by atoms with Crippen molar-refractivity contribution in [2.24, 2.45) is 0 Å². The smallest absolute Gasteiger partial charge is 0.276 e. The molecular weight excluding hydrogens is 340 g/mol. The number of amides is 2. The number of carbonyl (C=O) groups is 2. The van der Waals surface area contributed by atoms with Crippen LogP contribution in [0, 0.1) is 6.92 Å². The molecule has 1 aliphatic rings. The molecule has 0 aromatic carbocycles. The zero-order valence-electron chi connectivity index (χ0n) is 14.2. The van der Waals surface area contributed by atoms with E-state index >= 15 is 0 Å². The third-order valence-electron chi connectivity index (χ3n) is 4.10. The van der Waals surface area contributed by atoms with Crippen molar-refractivity contribution in [2.45, 2.75) is 20.3 Å². The quantitative estimate of drug-likeness (QED) is 0.903. The van der Waals surface area contributed by atoms with Crippen LogP contribution in [0.2, 0.25) is 0 Å². The fourth-order valence-corrected chi connectivity index (χ4v) is 3.96. The van der Waals surface area contributed by atoms with Crippen LogP contribution in [-0.2, 0) is 11.2 Å². The lowest BCUT2D eigenvalue weighted by atomic mass is 10.1. The summed E-state index contributed by atoms with van der Waals surface area (Å²) < 4.78 is 5.32. The lowest BCUT2D eigenvalue weighted by Gasteiger charge is -2.27. The van der Waals surface area contributed by atoms with Crippen LogP contribution in [-0.4, -0.2) is 53.0 Å². The molecule has 132 valence electrons. The summed E-state index contributed by atoms with van der Waals surface area (Å²) in [6, 6.07) is 0. The van der Waals surface area contributed by atoms with Gasteiger partial charge < -0.3 is 15.0 Å². The molecule has 7 nitrogen and oxygen atoms in total. The standard InChI is InChI=1S/C17H20N4O3S/c1-3-12-11(2)25-16(20-15(22)13-10-18-4-5-19-13)14(12)17(23)21-6-8-24-9-7-21/h4-5,10H,3,6-9H2,1-2H3,(H,20,22). The van der Waals surface area contributed by atoms with E-state index in [4.69, 9.17) is 4.74 Å². The predicted molar refractivity (Wildman–Crippen MR) is 95.1 cm³/mol. The van der Waals surface area contributed by atoms with Gasteiger partial charge in [0.25, 0.3) is 11.8 Å². The van der Waals surface area contributed by atoms with Gasteiger partial charge in [-0.25, -0.2) is 4.98 Å². The molecule has 0 bridgehead atoms. The van der Waals surface area contributed by atoms with Crippen molar-refractivity contribution in [2.75, 3.05) is 31.6 Å². The molecule has 0 aliphatic carbocycles. The maximum absolute atomic E-state index is 13.0. The Balaban J connectivity index is 1.91. The molecule has 1 N–H and O–H groups in total. The highest BCUT2D eigenvalue weighted by molar-refractivity contribution is 7.16. The van der Waals surface area contributed by atoms with Gasteiger partial charge in [0, 0.05) is 30.4 Å². The Morgan fingerprint density at radius 1 is 1.32 bits per heavy atom. The van der Waals surface area contributed by atoms with Crippen molar-refractivity contribution < 1.29 is 14.3 Å². The fourth-order valence-electron chi connectivity index (χ4n) is 2.83. The van der Waals surface area contributed by atoms with Crippen LogP contribution in [0.25, 0.3) is 0 Å². The second kappa shape index (κ2) is 7.71. The topological polar surface area (TPSA) is 84.4 Å². The summed E-state index contributed by atoms with van der Waals surface area (Å²) >= 11 is 1.42. The van der Waals surface area contributed by atoms with E-state index in [0.29, 0.717) is 36.9 Å². The Kier molecular flexibility index (Phi) is 5.40. The minimum Gasteiger partial charge on any atom is -0.378 e. The summed E-state index contributed by atoms with van der Waals surface area (Å²) in [6.07, 6.45) is 5.11. The first-order chi connectivity index (χ1) is 12.1. The Morgan fingerprint density at radius 2 is 2.08 bits per heavy atom. The van der Waals surface area contributed by atoms with E-state index in [2.05, 4.69) is 15.3 Å². The lowest BCUT2D eigenvalue weighted by molar-refractivity contribution is 0.0303. The SMILES string of the molecule is CCc1c(C)sc(NC(=O)c2cnccn2)c1C(=O)N1CCOCC1. The van der Waals surface area contributed by atoms with Crippen LogP contribution in [0.3, 0.4) is 0 Å². The van der Waals surface area contributed by atoms with E-state index in [-0.39, 0.29) is 17.5 Å². The van der Waals surface area contributed by atoms with Crippen molar-refractivity contribution in [3.05, 3.63) is 40.3 Å². The van der Waals surface area contributed by atoms with Gasteiger partial charge in [0.05, 0.1) is 25.0 Å². The van der Waals surface area contributed by atoms with E-state index in [1.165, 1.54) is 29.9 Å². The molecule has 3 heterocycles. The molecule has 25 heavy (non-hydrogen) atoms. The van der Waals surface area contributed by atoms with Gasteiger partial charge in [-0.2, -0.15) is 0 Å². The van der Waals surface area contributed by atoms with Crippen LogP contribution in [0.1, 0.15) is 38.2 Å². The van der Waals surface area contributed by atoms with E-state index < -0.39 is 0 Å². The number of aryl methyl sites for hydroxylation is 1. The van der Waals surface area contributed by atoms with Crippen LogP contribution in [0.15, 0.2) is 18.6 Å². The second-order valence-electron chi connectivity index (χ2n) is 5.64. The average Bonchev–Trinajstić information content (AvgIpc) is 2.97. The van der Waals surface area contributed by atoms with Crippen molar-refractivity contribution >= 4 is 28.2 Å². The number of anilines is 1. The first-order valence-electron chi connectivity index (χ1n) is 8.18. The average molecular weight is 360 g/mol. The summed E-state index contributed by atoms with van der Waals surface area (Å²) in [5, 5.41) is 3.41. The van der Waals surface area contributed by atoms with Crippen LogP contribution in [0.4, 0.5) is 5.00 Å². The summed E-state index contributed by atoms with van der Waals surface area (Å²) in [7, 11) is 0. The summed E-state index contributed by atoms with van der Waals surface area (Å²) in [6.45, 7) is 6.19. The number of nitrogens with zero attached hydrogens (tertiary/aromatic N) is 3. The largest absolute Gasteiger partial charge is 0.378 e. The molecule has 1 fully saturated rings. The van der Waals surface area contributed by atoms with Crippen molar-refractivity contribution in [3.63, 3.8) is 0 Å². The van der Waals surface area contributed by atoms with E-state index in [0.717, 1.165) is 16.9 Å². The molecule has 3 rings (SSSR count). The lowest BCUT2D eigenvalue weighted by Crippen LogP contribution is -2.41. The van der Waals surface area contributed by atoms with Gasteiger partial charge >= 0.3 is 0 Å². The molecule has 2 aromatic heterocycles. The van der Waals surface area contributed by atoms with Gasteiger partial charge in [-0.1, -0.05) is 6.92 Å². The number of nitrogens with one attached hydrogen (secondary N) is 1. The van der Waals surface area contributed by atoms with Crippen LogP contribution >= 0.6 is 11.3 Å². The monoisotopic (exact) mass is 360 g/mol. The number of thiophene rings is 1. The number of morpholine rings is 1. The first-order valence-corrected chi connectivity index (χ1v) is 9.00. The van der Waals surface area contributed by atoms with E-state index in [9.17, 15) is 9.59 Å². The Hall–Kier alpha value is -2.32. The Labute approximate surface area is 150 Å². The maximum atomic E-state index is 13.0. The highest BCUT2D eigenvalue weighted by Crippen LogP contribution is 2.34. The van der Waals surface area contributed by atoms with Crippen molar-refractivity contribution in [1.82, 2.24) is 14.9 Å². The summed E-state index contributed by atoms with van der Waals surface area (Å²) in [5.74, 6) is -0.424. The maximum Gasteiger partial charge on any atom is 0.276 e. The molecule has 0 unspecified atom stereocenters. The number of carbonyl (C=O) groups excluding carboxylic acids is 2. The van der Waals surface area contributed by atoms with Crippen molar-refractivity contribution in [1.29, 1.82) is 0 Å². The second-order valence-corrected chi connectivity index (χ2v) is 6.87. The summed E-state index contributed by atoms with van der Waals surface area (Å²) in [5.41, 5.74) is 1.79. The molecule has 0 saturated carbocycles. The van der Waals surface area contributed by atoms with Gasteiger partial charge in [0.2, 0.25) is 0 Å². The number of hydrogen-bond donors (Lipinski definition) is 1. The van der Waals surface area contributed by atoms with Gasteiger partial charge in [-0.05, 0) is 18.9 Å². The van der Waals surface area contributed by atoms with Crippen molar-refractivity contribution in [3.8, 4) is 0 Å². The molecular formula is C17H20N4O3S. The molecule has 8 heteroatoms. The number of ether oxygens (including phenoxy) is 1. The predicted octanol–water partition coefficient (Wildman–Crippen LogP) is 2.13. The Morgan fingerprint density at radius 3 is 2.72 bits per heavy atom. The highest BCUT2D eigenvalue weighted by atomic mass is 32.1. The van der Waals surface area contributed by atoms with Gasteiger partial charge in [-0.15, -0.1) is 11.3 Å². The third kappa shape index (κ3) is 3.69. The van der Waals surface area contributed by atoms with Gasteiger partial charge in [0.1, 0.15) is 10.7 Å². The van der Waals surface area contributed by atoms with Gasteiger partial charge in [-0.3, -0.25) is 14.6 Å². The molecule has 2 aromatic rings. The van der Waals surface area contributed by atoms with Gasteiger partial charge in [0.15, 0.2) is 0 Å². The van der Waals surface area contributed by atoms with Crippen LogP contribution in [0.5, 0.6) is 0 Å². The summed E-state index contributed by atoms with van der Waals surface area (Å²) in [4.78, 5) is 36.2. The first kappa shape index (κ1) is 17.5. The molecule has 0 spiro atoms. The highest BCUT2D eigenvalue weighted by Gasteiger charge is 2.27. The number of hydrogen-bond acceptors (Lipinski definition) is 6. The fraction of sp³-hybridized carbons (Fsp3) is 0.412. The Bertz CT molecular complexity index is 770. The zero-order valence-corrected chi connectivity index (χ0v) is 15.1. The normalized spacial score (nSPS) is 14.4.